The summed E-state index contributed by atoms with van der Waals surface area (Å²) in [5, 5.41) is 1.86. The quantitative estimate of drug-likeness (QED) is 0.582. The van der Waals surface area contributed by atoms with Crippen LogP contribution < -0.4 is 0 Å². The normalized spacial score (nSPS) is 9.56. The second-order valence-corrected chi connectivity index (χ2v) is 3.53. The Kier molecular flexibility index (Phi) is 3.56. The average molecular weight is 229 g/mol. The fraction of sp³-hybridized carbons (Fsp3) is 0. The topological polar surface area (TPSA) is 41.6 Å². The molecule has 3 aromatic rings. The predicted octanol–water partition coefficient (Wildman–Crippen LogP) is 2.93. The van der Waals surface area contributed by atoms with Crippen LogP contribution >= 0.6 is 12.6 Å². The summed E-state index contributed by atoms with van der Waals surface area (Å²) in [6.07, 6.45) is 5.19. The fourth-order valence-electron chi connectivity index (χ4n) is 1.27. The van der Waals surface area contributed by atoms with Crippen molar-refractivity contribution in [1.29, 1.82) is 0 Å². The highest BCUT2D eigenvalue weighted by Gasteiger charge is 1.86. The molecule has 3 rings (SSSR count). The molecule has 0 radical (unpaired) electrons. The Bertz CT molecular complexity index is 483. The first kappa shape index (κ1) is 10.7. The molecule has 2 heterocycles. The van der Waals surface area contributed by atoms with Gasteiger partial charge < -0.3 is 4.98 Å². The molecule has 0 aliphatic carbocycles. The molecule has 0 saturated carbocycles. The highest BCUT2D eigenvalue weighted by atomic mass is 32.1. The first-order chi connectivity index (χ1) is 7.86. The number of aromatic nitrogens is 3. The van der Waals surface area contributed by atoms with E-state index < -0.39 is 0 Å². The molecule has 0 spiro atoms. The highest BCUT2D eigenvalue weighted by Crippen LogP contribution is 2.07. The number of nitrogens with one attached hydrogen (secondary N) is 1. The number of aromatic amines is 1. The van der Waals surface area contributed by atoms with Gasteiger partial charge in [-0.05, 0) is 12.1 Å². The Hall–Kier alpha value is -1.81. The smallest absolute Gasteiger partial charge is 0.162 e. The maximum absolute atomic E-state index is 4.18. The van der Waals surface area contributed by atoms with Crippen LogP contribution in [0.4, 0.5) is 0 Å². The van der Waals surface area contributed by atoms with Crippen molar-refractivity contribution in [3.63, 3.8) is 0 Å². The van der Waals surface area contributed by atoms with Gasteiger partial charge in [-0.2, -0.15) is 0 Å². The Morgan fingerprint density at radius 1 is 0.938 bits per heavy atom. The summed E-state index contributed by atoms with van der Waals surface area (Å²) in [4.78, 5) is 10.7. The summed E-state index contributed by atoms with van der Waals surface area (Å²) in [6.45, 7) is 0. The van der Waals surface area contributed by atoms with Crippen molar-refractivity contribution in [2.45, 2.75) is 5.16 Å². The Balaban J connectivity index is 0.000000138. The van der Waals surface area contributed by atoms with Gasteiger partial charge >= 0.3 is 0 Å². The van der Waals surface area contributed by atoms with Crippen LogP contribution in [-0.2, 0) is 0 Å². The Morgan fingerprint density at radius 3 is 2.38 bits per heavy atom. The van der Waals surface area contributed by atoms with E-state index in [1.54, 1.807) is 12.4 Å². The van der Waals surface area contributed by atoms with Crippen LogP contribution in [0.15, 0.2) is 60.1 Å². The molecular weight excluding hydrogens is 218 g/mol. The van der Waals surface area contributed by atoms with Crippen LogP contribution in [0.25, 0.3) is 10.9 Å². The largest absolute Gasteiger partial charge is 0.340 e. The molecule has 0 saturated heterocycles. The number of fused-ring (bicyclic) bond motifs is 1. The minimum Gasteiger partial charge on any atom is -0.340 e. The van der Waals surface area contributed by atoms with Crippen LogP contribution in [0.5, 0.6) is 0 Å². The van der Waals surface area contributed by atoms with E-state index in [1.165, 1.54) is 5.39 Å². The van der Waals surface area contributed by atoms with Crippen LogP contribution in [0.2, 0.25) is 0 Å². The van der Waals surface area contributed by atoms with Gasteiger partial charge in [-0.3, -0.25) is 4.98 Å². The fourth-order valence-corrected chi connectivity index (χ4v) is 1.41. The van der Waals surface area contributed by atoms with Crippen LogP contribution in [0, 0.1) is 0 Å². The van der Waals surface area contributed by atoms with Crippen molar-refractivity contribution in [1.82, 2.24) is 15.0 Å². The molecule has 80 valence electrons. The van der Waals surface area contributed by atoms with E-state index in [9.17, 15) is 0 Å². The summed E-state index contributed by atoms with van der Waals surface area (Å²) in [6, 6.07) is 12.1. The van der Waals surface area contributed by atoms with E-state index in [0.717, 1.165) is 5.52 Å². The van der Waals surface area contributed by atoms with E-state index in [4.69, 9.17) is 0 Å². The first-order valence-electron chi connectivity index (χ1n) is 4.84. The average Bonchev–Trinajstić information content (AvgIpc) is 2.81. The highest BCUT2D eigenvalue weighted by molar-refractivity contribution is 7.80. The second kappa shape index (κ2) is 5.32. The predicted molar refractivity (Wildman–Crippen MR) is 67.6 cm³/mol. The van der Waals surface area contributed by atoms with Gasteiger partial charge in [0.05, 0.1) is 5.52 Å². The SMILES string of the molecule is Sc1ncc[nH]1.c1ccc2ncccc2c1. The minimum absolute atomic E-state index is 0.662. The molecule has 0 bridgehead atoms. The maximum Gasteiger partial charge on any atom is 0.162 e. The van der Waals surface area contributed by atoms with Gasteiger partial charge in [0.1, 0.15) is 0 Å². The van der Waals surface area contributed by atoms with Gasteiger partial charge in [-0.15, -0.1) is 12.6 Å². The molecular formula is C12H11N3S. The summed E-state index contributed by atoms with van der Waals surface area (Å²) in [5.41, 5.74) is 1.06. The van der Waals surface area contributed by atoms with Gasteiger partial charge in [0.25, 0.3) is 0 Å². The summed E-state index contributed by atoms with van der Waals surface area (Å²) >= 11 is 3.87. The van der Waals surface area contributed by atoms with Gasteiger partial charge in [0, 0.05) is 24.0 Å². The van der Waals surface area contributed by atoms with E-state index in [0.29, 0.717) is 5.16 Å². The molecule has 4 heteroatoms. The first-order valence-corrected chi connectivity index (χ1v) is 5.29. The molecule has 0 amide bonds. The van der Waals surface area contributed by atoms with Crippen molar-refractivity contribution in [2.24, 2.45) is 0 Å². The van der Waals surface area contributed by atoms with E-state index in [2.05, 4.69) is 39.7 Å². The number of imidazole rings is 1. The van der Waals surface area contributed by atoms with E-state index in [-0.39, 0.29) is 0 Å². The number of hydrogen-bond acceptors (Lipinski definition) is 3. The monoisotopic (exact) mass is 229 g/mol. The molecule has 0 aliphatic rings. The molecule has 2 aromatic heterocycles. The summed E-state index contributed by atoms with van der Waals surface area (Å²) in [7, 11) is 0. The number of nitrogens with zero attached hydrogens (tertiary/aromatic N) is 2. The molecule has 3 nitrogen and oxygen atoms in total. The lowest BCUT2D eigenvalue weighted by Gasteiger charge is -1.91. The number of pyridine rings is 1. The number of hydrogen-bond donors (Lipinski definition) is 2. The molecule has 0 fully saturated rings. The maximum atomic E-state index is 4.18. The third kappa shape index (κ3) is 2.84. The van der Waals surface area contributed by atoms with Gasteiger partial charge in [0.2, 0.25) is 0 Å². The van der Waals surface area contributed by atoms with Crippen molar-refractivity contribution < 1.29 is 0 Å². The molecule has 1 N–H and O–H groups in total. The molecule has 1 aromatic carbocycles. The third-order valence-corrected chi connectivity index (χ3v) is 2.24. The molecule has 16 heavy (non-hydrogen) atoms. The van der Waals surface area contributed by atoms with Crippen molar-refractivity contribution >= 4 is 23.5 Å². The number of para-hydroxylation sites is 1. The molecule has 0 atom stereocenters. The standard InChI is InChI=1S/C9H7N.C3H4N2S/c1-2-6-9-8(4-1)5-3-7-10-9;6-3-4-1-2-5-3/h1-7H;1-2H,(H2,4,5,6). The van der Waals surface area contributed by atoms with Crippen LogP contribution in [0.1, 0.15) is 0 Å². The second-order valence-electron chi connectivity index (χ2n) is 3.11. The van der Waals surface area contributed by atoms with Crippen LogP contribution in [0.3, 0.4) is 0 Å². The van der Waals surface area contributed by atoms with Gasteiger partial charge in [-0.1, -0.05) is 24.3 Å². The number of H-pyrrole nitrogens is 1. The lowest BCUT2D eigenvalue weighted by Crippen LogP contribution is -1.73. The molecule has 0 aliphatic heterocycles. The zero-order valence-corrected chi connectivity index (χ0v) is 9.43. The van der Waals surface area contributed by atoms with E-state index in [1.807, 2.05) is 30.5 Å². The summed E-state index contributed by atoms with van der Waals surface area (Å²) in [5.74, 6) is 0. The Labute approximate surface area is 99.0 Å². The Morgan fingerprint density at radius 2 is 1.75 bits per heavy atom. The third-order valence-electron chi connectivity index (χ3n) is 2.00. The minimum atomic E-state index is 0.662. The van der Waals surface area contributed by atoms with Crippen molar-refractivity contribution in [3.8, 4) is 0 Å². The molecule has 0 unspecified atom stereocenters. The van der Waals surface area contributed by atoms with Crippen molar-refractivity contribution in [3.05, 3.63) is 55.0 Å². The lowest BCUT2D eigenvalue weighted by molar-refractivity contribution is 1.07. The van der Waals surface area contributed by atoms with E-state index >= 15 is 0 Å². The number of rotatable bonds is 0. The zero-order valence-electron chi connectivity index (χ0n) is 8.54. The van der Waals surface area contributed by atoms with Crippen LogP contribution in [-0.4, -0.2) is 15.0 Å². The van der Waals surface area contributed by atoms with Crippen molar-refractivity contribution in [2.75, 3.05) is 0 Å². The zero-order chi connectivity index (χ0) is 11.2. The summed E-state index contributed by atoms with van der Waals surface area (Å²) < 4.78 is 0. The van der Waals surface area contributed by atoms with Gasteiger partial charge in [0.15, 0.2) is 5.16 Å². The lowest BCUT2D eigenvalue weighted by atomic mass is 10.2. The van der Waals surface area contributed by atoms with Gasteiger partial charge in [-0.25, -0.2) is 4.98 Å². The number of benzene rings is 1. The number of thiol groups is 1.